The Labute approximate surface area is 118 Å². The Kier molecular flexibility index (Phi) is 3.54. The van der Waals surface area contributed by atoms with Crippen LogP contribution in [0.5, 0.6) is 0 Å². The molecule has 20 heavy (non-hydrogen) atoms. The lowest BCUT2D eigenvalue weighted by Gasteiger charge is -2.09. The van der Waals surface area contributed by atoms with Crippen LogP contribution in [0.25, 0.3) is 0 Å². The molecule has 0 saturated heterocycles. The van der Waals surface area contributed by atoms with Crippen LogP contribution in [0, 0.1) is 0 Å². The summed E-state index contributed by atoms with van der Waals surface area (Å²) >= 11 is 0. The molecule has 1 aromatic heterocycles. The predicted molar refractivity (Wildman–Crippen MR) is 78.9 cm³/mol. The number of carbonyl (C=O) groups excluding carboxylic acids is 1. The van der Waals surface area contributed by atoms with Crippen molar-refractivity contribution in [1.29, 1.82) is 0 Å². The number of nitrogens with one attached hydrogen (secondary N) is 1. The van der Waals surface area contributed by atoms with Crippen LogP contribution in [-0.2, 0) is 17.8 Å². The molecule has 1 aromatic carbocycles. The molecule has 1 aliphatic rings. The number of benzene rings is 1. The largest absolute Gasteiger partial charge is 0.384 e. The Hall–Kier alpha value is -2.10. The number of Topliss-reactive ketones (excluding diaryl/α,β-unsaturated/α-hetero) is 1. The predicted octanol–water partition coefficient (Wildman–Crippen LogP) is 2.61. The molecular formula is C16H19N3O. The first-order valence-electron chi connectivity index (χ1n) is 7.12. The van der Waals surface area contributed by atoms with E-state index < -0.39 is 0 Å². The van der Waals surface area contributed by atoms with Crippen LogP contribution in [0.15, 0.2) is 36.7 Å². The number of hydrogen-bond donors (Lipinski definition) is 1. The quantitative estimate of drug-likeness (QED) is 0.907. The molecule has 0 saturated carbocycles. The average Bonchev–Trinajstić information content (AvgIpc) is 3.06. The number of aromatic nitrogens is 2. The van der Waals surface area contributed by atoms with Crippen LogP contribution in [-0.4, -0.2) is 21.9 Å². The fourth-order valence-corrected chi connectivity index (χ4v) is 2.86. The third-order valence-electron chi connectivity index (χ3n) is 3.91. The SMILES string of the molecule is CCn1ccnc1CC(=O)CC1CNc2ccccc21. The van der Waals surface area contributed by atoms with Crippen LogP contribution < -0.4 is 5.32 Å². The number of ketones is 1. The van der Waals surface area contributed by atoms with Crippen LogP contribution in [0.4, 0.5) is 5.69 Å². The summed E-state index contributed by atoms with van der Waals surface area (Å²) in [5, 5.41) is 3.36. The van der Waals surface area contributed by atoms with E-state index in [1.54, 1.807) is 6.20 Å². The zero-order valence-corrected chi connectivity index (χ0v) is 11.7. The Morgan fingerprint density at radius 1 is 1.45 bits per heavy atom. The number of nitrogens with zero attached hydrogens (tertiary/aromatic N) is 2. The molecular weight excluding hydrogens is 250 g/mol. The van der Waals surface area contributed by atoms with Crippen molar-refractivity contribution in [2.75, 3.05) is 11.9 Å². The Morgan fingerprint density at radius 2 is 2.30 bits per heavy atom. The average molecular weight is 269 g/mol. The summed E-state index contributed by atoms with van der Waals surface area (Å²) in [6.45, 7) is 3.77. The molecule has 1 unspecified atom stereocenters. The summed E-state index contributed by atoms with van der Waals surface area (Å²) in [4.78, 5) is 16.5. The minimum atomic E-state index is 0.259. The van der Waals surface area contributed by atoms with Gasteiger partial charge in [0.15, 0.2) is 0 Å². The maximum Gasteiger partial charge on any atom is 0.141 e. The number of para-hydroxylation sites is 1. The van der Waals surface area contributed by atoms with E-state index in [1.165, 1.54) is 11.3 Å². The fraction of sp³-hybridized carbons (Fsp3) is 0.375. The molecule has 1 aliphatic heterocycles. The van der Waals surface area contributed by atoms with Gasteiger partial charge >= 0.3 is 0 Å². The highest BCUT2D eigenvalue weighted by Gasteiger charge is 2.24. The van der Waals surface area contributed by atoms with Crippen LogP contribution >= 0.6 is 0 Å². The third-order valence-corrected chi connectivity index (χ3v) is 3.91. The smallest absolute Gasteiger partial charge is 0.141 e. The van der Waals surface area contributed by atoms with Gasteiger partial charge in [0.25, 0.3) is 0 Å². The lowest BCUT2D eigenvalue weighted by molar-refractivity contribution is -0.118. The summed E-state index contributed by atoms with van der Waals surface area (Å²) < 4.78 is 2.03. The third kappa shape index (κ3) is 2.46. The van der Waals surface area contributed by atoms with Crippen molar-refractivity contribution in [2.45, 2.75) is 32.2 Å². The van der Waals surface area contributed by atoms with Gasteiger partial charge in [-0.1, -0.05) is 18.2 Å². The molecule has 4 nitrogen and oxygen atoms in total. The lowest BCUT2D eigenvalue weighted by atomic mass is 9.95. The summed E-state index contributed by atoms with van der Waals surface area (Å²) in [6, 6.07) is 8.24. The van der Waals surface area contributed by atoms with E-state index in [-0.39, 0.29) is 5.78 Å². The van der Waals surface area contributed by atoms with Gasteiger partial charge in [0.05, 0.1) is 6.42 Å². The first-order valence-corrected chi connectivity index (χ1v) is 7.12. The maximum absolute atomic E-state index is 12.3. The van der Waals surface area contributed by atoms with E-state index in [2.05, 4.69) is 29.4 Å². The molecule has 0 fully saturated rings. The Bertz CT molecular complexity index is 618. The fourth-order valence-electron chi connectivity index (χ4n) is 2.86. The molecule has 1 atom stereocenters. The molecule has 0 spiro atoms. The van der Waals surface area contributed by atoms with Gasteiger partial charge in [-0.25, -0.2) is 4.98 Å². The highest BCUT2D eigenvalue weighted by molar-refractivity contribution is 5.82. The van der Waals surface area contributed by atoms with Gasteiger partial charge in [0.1, 0.15) is 11.6 Å². The molecule has 0 aliphatic carbocycles. The van der Waals surface area contributed by atoms with Crippen molar-refractivity contribution < 1.29 is 4.79 Å². The highest BCUT2D eigenvalue weighted by Crippen LogP contribution is 2.33. The van der Waals surface area contributed by atoms with Gasteiger partial charge in [-0.05, 0) is 18.6 Å². The minimum absolute atomic E-state index is 0.259. The van der Waals surface area contributed by atoms with Crippen molar-refractivity contribution in [1.82, 2.24) is 9.55 Å². The van der Waals surface area contributed by atoms with Crippen molar-refractivity contribution in [3.05, 3.63) is 48.0 Å². The maximum atomic E-state index is 12.3. The summed E-state index contributed by atoms with van der Waals surface area (Å²) in [7, 11) is 0. The lowest BCUT2D eigenvalue weighted by Crippen LogP contribution is -2.14. The normalized spacial score (nSPS) is 16.8. The number of imidazole rings is 1. The zero-order chi connectivity index (χ0) is 13.9. The molecule has 4 heteroatoms. The number of fused-ring (bicyclic) bond motifs is 1. The monoisotopic (exact) mass is 269 g/mol. The number of hydrogen-bond acceptors (Lipinski definition) is 3. The van der Waals surface area contributed by atoms with E-state index in [0.29, 0.717) is 18.8 Å². The second-order valence-electron chi connectivity index (χ2n) is 5.21. The van der Waals surface area contributed by atoms with Gasteiger partial charge in [0, 0.05) is 43.5 Å². The second kappa shape index (κ2) is 5.49. The van der Waals surface area contributed by atoms with Crippen LogP contribution in [0.3, 0.4) is 0 Å². The van der Waals surface area contributed by atoms with Gasteiger partial charge in [-0.15, -0.1) is 0 Å². The molecule has 1 N–H and O–H groups in total. The van der Waals surface area contributed by atoms with Crippen molar-refractivity contribution in [3.8, 4) is 0 Å². The summed E-state index contributed by atoms with van der Waals surface area (Å²) in [5.41, 5.74) is 2.43. The molecule has 0 bridgehead atoms. The zero-order valence-electron chi connectivity index (χ0n) is 11.7. The Morgan fingerprint density at radius 3 is 3.15 bits per heavy atom. The van der Waals surface area contributed by atoms with Crippen molar-refractivity contribution >= 4 is 11.5 Å². The van der Waals surface area contributed by atoms with E-state index >= 15 is 0 Å². The van der Waals surface area contributed by atoms with Crippen molar-refractivity contribution in [2.24, 2.45) is 0 Å². The highest BCUT2D eigenvalue weighted by atomic mass is 16.1. The summed E-state index contributed by atoms with van der Waals surface area (Å²) in [6.07, 6.45) is 4.70. The number of anilines is 1. The van der Waals surface area contributed by atoms with E-state index in [1.807, 2.05) is 22.9 Å². The topological polar surface area (TPSA) is 46.9 Å². The van der Waals surface area contributed by atoms with Gasteiger partial charge in [-0.2, -0.15) is 0 Å². The first-order chi connectivity index (χ1) is 9.78. The second-order valence-corrected chi connectivity index (χ2v) is 5.21. The molecule has 104 valence electrons. The molecule has 3 rings (SSSR count). The Balaban J connectivity index is 1.66. The van der Waals surface area contributed by atoms with E-state index in [4.69, 9.17) is 0 Å². The van der Waals surface area contributed by atoms with Crippen LogP contribution in [0.1, 0.15) is 30.7 Å². The van der Waals surface area contributed by atoms with Gasteiger partial charge in [-0.3, -0.25) is 4.79 Å². The molecule has 2 heterocycles. The minimum Gasteiger partial charge on any atom is -0.384 e. The molecule has 2 aromatic rings. The summed E-state index contributed by atoms with van der Waals surface area (Å²) in [5.74, 6) is 1.43. The molecule has 0 amide bonds. The van der Waals surface area contributed by atoms with E-state index in [9.17, 15) is 4.79 Å². The van der Waals surface area contributed by atoms with E-state index in [0.717, 1.165) is 18.9 Å². The van der Waals surface area contributed by atoms with Gasteiger partial charge < -0.3 is 9.88 Å². The standard InChI is InChI=1S/C16H19N3O/c1-2-19-8-7-17-16(19)10-13(20)9-12-11-18-15-6-4-3-5-14(12)15/h3-8,12,18H,2,9-11H2,1H3. The number of carbonyl (C=O) groups is 1. The number of aryl methyl sites for hydroxylation is 1. The number of rotatable bonds is 5. The van der Waals surface area contributed by atoms with Gasteiger partial charge in [0.2, 0.25) is 0 Å². The van der Waals surface area contributed by atoms with Crippen molar-refractivity contribution in [3.63, 3.8) is 0 Å². The first kappa shape index (κ1) is 12.9. The van der Waals surface area contributed by atoms with Crippen LogP contribution in [0.2, 0.25) is 0 Å². The molecule has 0 radical (unpaired) electrons.